The largest absolute Gasteiger partial charge is 0.363 e. The zero-order chi connectivity index (χ0) is 8.39. The Morgan fingerprint density at radius 1 is 1.38 bits per heavy atom. The van der Waals surface area contributed by atoms with E-state index in [4.69, 9.17) is 5.73 Å². The summed E-state index contributed by atoms with van der Waals surface area (Å²) in [6.45, 7) is 0. The van der Waals surface area contributed by atoms with E-state index in [2.05, 4.69) is 16.4 Å². The van der Waals surface area contributed by atoms with Crippen molar-refractivity contribution in [2.45, 2.75) is 6.04 Å². The summed E-state index contributed by atoms with van der Waals surface area (Å²) in [5.41, 5.74) is 8.21. The van der Waals surface area contributed by atoms with Gasteiger partial charge in [-0.3, -0.25) is 0 Å². The summed E-state index contributed by atoms with van der Waals surface area (Å²) >= 11 is 1.67. The molecular formula is C9H11ClN2S. The number of rotatable bonds is 2. The summed E-state index contributed by atoms with van der Waals surface area (Å²) in [4.78, 5) is 3.10. The standard InChI is InChI=1S/C9H10N2S.ClH/c10-9(7-3-5-12-6-7)8-2-1-4-11-8;/h1-6,9,11H,10H2;1H/t9-;/m0./s1. The van der Waals surface area contributed by atoms with Crippen molar-refractivity contribution >= 4 is 23.7 Å². The van der Waals surface area contributed by atoms with Crippen LogP contribution in [-0.2, 0) is 0 Å². The molecule has 2 heterocycles. The molecule has 0 amide bonds. The molecule has 2 aromatic heterocycles. The van der Waals surface area contributed by atoms with Gasteiger partial charge in [-0.15, -0.1) is 12.4 Å². The summed E-state index contributed by atoms with van der Waals surface area (Å²) in [6, 6.07) is 6.01. The average molecular weight is 215 g/mol. The molecule has 0 aliphatic carbocycles. The fourth-order valence-corrected chi connectivity index (χ4v) is 1.87. The van der Waals surface area contributed by atoms with Crippen molar-refractivity contribution < 1.29 is 0 Å². The number of hydrogen-bond donors (Lipinski definition) is 2. The molecule has 0 unspecified atom stereocenters. The summed E-state index contributed by atoms with van der Waals surface area (Å²) in [7, 11) is 0. The molecule has 0 saturated carbocycles. The third kappa shape index (κ3) is 2.12. The van der Waals surface area contributed by atoms with E-state index >= 15 is 0 Å². The van der Waals surface area contributed by atoms with E-state index in [0.717, 1.165) is 5.69 Å². The van der Waals surface area contributed by atoms with Gasteiger partial charge in [0.05, 0.1) is 6.04 Å². The smallest absolute Gasteiger partial charge is 0.0712 e. The second kappa shape index (κ2) is 4.46. The molecule has 2 nitrogen and oxygen atoms in total. The third-order valence-corrected chi connectivity index (χ3v) is 2.56. The molecule has 2 rings (SSSR count). The zero-order valence-corrected chi connectivity index (χ0v) is 8.57. The van der Waals surface area contributed by atoms with Crippen molar-refractivity contribution in [2.24, 2.45) is 5.73 Å². The molecule has 0 aromatic carbocycles. The monoisotopic (exact) mass is 214 g/mol. The van der Waals surface area contributed by atoms with E-state index in [-0.39, 0.29) is 18.4 Å². The van der Waals surface area contributed by atoms with Crippen molar-refractivity contribution in [3.05, 3.63) is 46.4 Å². The highest BCUT2D eigenvalue weighted by molar-refractivity contribution is 7.07. The van der Waals surface area contributed by atoms with Gasteiger partial charge in [-0.2, -0.15) is 11.3 Å². The average Bonchev–Trinajstić information content (AvgIpc) is 2.77. The molecule has 0 spiro atoms. The number of aromatic nitrogens is 1. The molecule has 2 aromatic rings. The Morgan fingerprint density at radius 2 is 2.23 bits per heavy atom. The summed E-state index contributed by atoms with van der Waals surface area (Å²) in [5, 5.41) is 4.11. The van der Waals surface area contributed by atoms with Crippen LogP contribution in [-0.4, -0.2) is 4.98 Å². The van der Waals surface area contributed by atoms with E-state index < -0.39 is 0 Å². The Labute approximate surface area is 87.2 Å². The highest BCUT2D eigenvalue weighted by atomic mass is 35.5. The Balaban J connectivity index is 0.000000845. The number of nitrogens with two attached hydrogens (primary N) is 1. The molecule has 13 heavy (non-hydrogen) atoms. The van der Waals surface area contributed by atoms with Gasteiger partial charge in [-0.25, -0.2) is 0 Å². The van der Waals surface area contributed by atoms with E-state index in [1.54, 1.807) is 11.3 Å². The lowest BCUT2D eigenvalue weighted by atomic mass is 10.1. The topological polar surface area (TPSA) is 41.8 Å². The van der Waals surface area contributed by atoms with Gasteiger partial charge in [0.1, 0.15) is 0 Å². The maximum Gasteiger partial charge on any atom is 0.0712 e. The van der Waals surface area contributed by atoms with Crippen LogP contribution in [0.2, 0.25) is 0 Å². The first kappa shape index (κ1) is 10.3. The first-order valence-electron chi connectivity index (χ1n) is 3.79. The fourth-order valence-electron chi connectivity index (χ4n) is 1.17. The molecule has 1 atom stereocenters. The van der Waals surface area contributed by atoms with E-state index in [0.29, 0.717) is 0 Å². The van der Waals surface area contributed by atoms with Crippen molar-refractivity contribution in [3.63, 3.8) is 0 Å². The van der Waals surface area contributed by atoms with E-state index in [1.165, 1.54) is 5.56 Å². The summed E-state index contributed by atoms with van der Waals surface area (Å²) in [6.07, 6.45) is 1.89. The normalized spacial score (nSPS) is 12.1. The third-order valence-electron chi connectivity index (χ3n) is 1.86. The highest BCUT2D eigenvalue weighted by Gasteiger charge is 2.08. The number of thiophene rings is 1. The van der Waals surface area contributed by atoms with Gasteiger partial charge in [0, 0.05) is 11.9 Å². The van der Waals surface area contributed by atoms with Crippen LogP contribution in [0.1, 0.15) is 17.3 Å². The Hall–Kier alpha value is -0.770. The molecule has 0 saturated heterocycles. The lowest BCUT2D eigenvalue weighted by Gasteiger charge is -2.06. The second-order valence-electron chi connectivity index (χ2n) is 2.66. The lowest BCUT2D eigenvalue weighted by Crippen LogP contribution is -2.10. The molecule has 0 bridgehead atoms. The Bertz CT molecular complexity index is 294. The summed E-state index contributed by atoms with van der Waals surface area (Å²) in [5.74, 6) is 0. The van der Waals surface area contributed by atoms with Crippen LogP contribution in [0.15, 0.2) is 35.2 Å². The van der Waals surface area contributed by atoms with Crippen LogP contribution in [0.25, 0.3) is 0 Å². The molecule has 0 aliphatic rings. The van der Waals surface area contributed by atoms with Crippen molar-refractivity contribution in [2.75, 3.05) is 0 Å². The summed E-state index contributed by atoms with van der Waals surface area (Å²) < 4.78 is 0. The van der Waals surface area contributed by atoms with Crippen molar-refractivity contribution in [1.29, 1.82) is 0 Å². The van der Waals surface area contributed by atoms with Gasteiger partial charge in [-0.05, 0) is 34.5 Å². The molecule has 70 valence electrons. The van der Waals surface area contributed by atoms with E-state index in [1.807, 2.05) is 23.7 Å². The predicted molar refractivity (Wildman–Crippen MR) is 58.4 cm³/mol. The Morgan fingerprint density at radius 3 is 2.77 bits per heavy atom. The molecule has 0 aliphatic heterocycles. The number of aromatic amines is 1. The second-order valence-corrected chi connectivity index (χ2v) is 3.44. The van der Waals surface area contributed by atoms with Crippen molar-refractivity contribution in [3.8, 4) is 0 Å². The van der Waals surface area contributed by atoms with Gasteiger partial charge in [-0.1, -0.05) is 0 Å². The number of hydrogen-bond acceptors (Lipinski definition) is 2. The Kier molecular flexibility index (Phi) is 3.54. The quantitative estimate of drug-likeness (QED) is 0.793. The maximum absolute atomic E-state index is 5.98. The molecule has 3 N–H and O–H groups in total. The first-order chi connectivity index (χ1) is 5.88. The minimum Gasteiger partial charge on any atom is -0.363 e. The SMILES string of the molecule is Cl.N[C@@H](c1ccsc1)c1ccc[nH]1. The molecule has 0 radical (unpaired) electrons. The molecular weight excluding hydrogens is 204 g/mol. The fraction of sp³-hybridized carbons (Fsp3) is 0.111. The predicted octanol–water partition coefficient (Wildman–Crippen LogP) is 2.55. The molecule has 0 fully saturated rings. The van der Waals surface area contributed by atoms with Gasteiger partial charge < -0.3 is 10.7 Å². The first-order valence-corrected chi connectivity index (χ1v) is 4.73. The van der Waals surface area contributed by atoms with Gasteiger partial charge >= 0.3 is 0 Å². The number of halogens is 1. The van der Waals surface area contributed by atoms with Crippen LogP contribution < -0.4 is 5.73 Å². The van der Waals surface area contributed by atoms with Gasteiger partial charge in [0.25, 0.3) is 0 Å². The van der Waals surface area contributed by atoms with Crippen LogP contribution >= 0.6 is 23.7 Å². The maximum atomic E-state index is 5.98. The lowest BCUT2D eigenvalue weighted by molar-refractivity contribution is 0.843. The van der Waals surface area contributed by atoms with Crippen LogP contribution in [0.5, 0.6) is 0 Å². The number of H-pyrrole nitrogens is 1. The minimum atomic E-state index is -0.00810. The van der Waals surface area contributed by atoms with Gasteiger partial charge in [0.2, 0.25) is 0 Å². The van der Waals surface area contributed by atoms with Crippen molar-refractivity contribution in [1.82, 2.24) is 4.98 Å². The number of nitrogens with one attached hydrogen (secondary N) is 1. The highest BCUT2D eigenvalue weighted by Crippen LogP contribution is 2.19. The van der Waals surface area contributed by atoms with Gasteiger partial charge in [0.15, 0.2) is 0 Å². The van der Waals surface area contributed by atoms with Crippen LogP contribution in [0.3, 0.4) is 0 Å². The minimum absolute atomic E-state index is 0. The zero-order valence-electron chi connectivity index (χ0n) is 6.94. The van der Waals surface area contributed by atoms with Crippen LogP contribution in [0.4, 0.5) is 0 Å². The molecule has 4 heteroatoms. The van der Waals surface area contributed by atoms with Crippen LogP contribution in [0, 0.1) is 0 Å². The van der Waals surface area contributed by atoms with E-state index in [9.17, 15) is 0 Å².